The van der Waals surface area contributed by atoms with E-state index in [1.807, 2.05) is 67.6 Å². The number of carbonyl (C=O) groups excluding carboxylic acids is 6. The highest BCUT2D eigenvalue weighted by Gasteiger charge is 2.49. The highest BCUT2D eigenvalue weighted by Crippen LogP contribution is 2.32. The van der Waals surface area contributed by atoms with Gasteiger partial charge in [0.1, 0.15) is 17.2 Å². The number of alkyl carbamates (subject to hydrolysis) is 1. The molecule has 0 bridgehead atoms. The standard InChI is InChI=1S/C47H64N6O9/c1-7-8-11-24-40(54)51-47(30-36-22-16-17-23-38(36)35-20-14-10-15-21-35,37(33-61-41(55)32-52(5)6)31-48-45(59)62-46(2,3)4)43(57)49-39(29-34-18-12-9-13-19-34)42(56)50-44(58)53-25-27-60-28-26-53/h9-10,12-23,37,39H,7-8,11,24-33H2,1-6H3,(H,48,59)(H,49,57)(H,51,54)(H,50,56,58). The predicted octanol–water partition coefficient (Wildman–Crippen LogP) is 4.87. The molecule has 6 amide bonds. The van der Waals surface area contributed by atoms with Crippen LogP contribution in [0.5, 0.6) is 0 Å². The largest absolute Gasteiger partial charge is 0.464 e. The number of nitrogens with zero attached hydrogens (tertiary/aromatic N) is 2. The van der Waals surface area contributed by atoms with Gasteiger partial charge in [0.15, 0.2) is 0 Å². The molecule has 3 aromatic carbocycles. The first-order chi connectivity index (χ1) is 29.6. The molecule has 3 atom stereocenters. The van der Waals surface area contributed by atoms with Gasteiger partial charge in [-0.15, -0.1) is 0 Å². The lowest BCUT2D eigenvalue weighted by molar-refractivity contribution is -0.149. The average Bonchev–Trinajstić information content (AvgIpc) is 3.23. The lowest BCUT2D eigenvalue weighted by Crippen LogP contribution is -2.69. The molecule has 62 heavy (non-hydrogen) atoms. The molecule has 3 aromatic rings. The zero-order chi connectivity index (χ0) is 45.1. The van der Waals surface area contributed by atoms with E-state index in [9.17, 15) is 24.0 Å². The number of esters is 1. The normalized spacial score (nSPS) is 14.7. The van der Waals surface area contributed by atoms with Gasteiger partial charge < -0.3 is 35.1 Å². The van der Waals surface area contributed by atoms with Crippen molar-refractivity contribution < 1.29 is 43.0 Å². The summed E-state index contributed by atoms with van der Waals surface area (Å²) in [7, 11) is 3.42. The molecular weight excluding hydrogens is 793 g/mol. The molecule has 0 aliphatic carbocycles. The Hall–Kier alpha value is -5.80. The minimum absolute atomic E-state index is 0.0193. The van der Waals surface area contributed by atoms with Gasteiger partial charge in [0.25, 0.3) is 5.91 Å². The highest BCUT2D eigenvalue weighted by molar-refractivity contribution is 6.01. The maximum absolute atomic E-state index is 15.7. The first kappa shape index (κ1) is 48.9. The van der Waals surface area contributed by atoms with Gasteiger partial charge in [-0.1, -0.05) is 105 Å². The summed E-state index contributed by atoms with van der Waals surface area (Å²) in [6, 6.07) is 24.0. The molecule has 0 saturated carbocycles. The first-order valence-corrected chi connectivity index (χ1v) is 21.3. The summed E-state index contributed by atoms with van der Waals surface area (Å²) < 4.78 is 16.8. The Labute approximate surface area is 365 Å². The quantitative estimate of drug-likeness (QED) is 0.0904. The fourth-order valence-electron chi connectivity index (χ4n) is 7.11. The van der Waals surface area contributed by atoms with Crippen molar-refractivity contribution in [3.05, 3.63) is 96.1 Å². The number of imide groups is 1. The molecule has 15 nitrogen and oxygen atoms in total. The van der Waals surface area contributed by atoms with E-state index in [-0.39, 0.29) is 45.4 Å². The summed E-state index contributed by atoms with van der Waals surface area (Å²) >= 11 is 0. The Bertz CT molecular complexity index is 1930. The van der Waals surface area contributed by atoms with Gasteiger partial charge in [0.05, 0.1) is 26.4 Å². The van der Waals surface area contributed by atoms with Crippen LogP contribution in [-0.4, -0.2) is 123 Å². The second-order valence-electron chi connectivity index (χ2n) is 16.8. The van der Waals surface area contributed by atoms with E-state index in [1.165, 1.54) is 4.90 Å². The van der Waals surface area contributed by atoms with Crippen LogP contribution in [0.15, 0.2) is 84.9 Å². The zero-order valence-corrected chi connectivity index (χ0v) is 37.0. The molecule has 1 fully saturated rings. The summed E-state index contributed by atoms with van der Waals surface area (Å²) in [6.45, 7) is 7.53. The van der Waals surface area contributed by atoms with Gasteiger partial charge in [0, 0.05) is 44.8 Å². The van der Waals surface area contributed by atoms with Crippen molar-refractivity contribution in [1.82, 2.24) is 31.1 Å². The second-order valence-corrected chi connectivity index (χ2v) is 16.8. The number of amides is 6. The van der Waals surface area contributed by atoms with Crippen molar-refractivity contribution in [3.63, 3.8) is 0 Å². The van der Waals surface area contributed by atoms with Crippen molar-refractivity contribution in [2.24, 2.45) is 5.92 Å². The van der Waals surface area contributed by atoms with Crippen LogP contribution in [0.1, 0.15) is 64.5 Å². The third-order valence-corrected chi connectivity index (χ3v) is 10.3. The van der Waals surface area contributed by atoms with Gasteiger partial charge in [-0.2, -0.15) is 0 Å². The Morgan fingerprint density at radius 1 is 0.855 bits per heavy atom. The van der Waals surface area contributed by atoms with Gasteiger partial charge in [-0.05, 0) is 63.5 Å². The number of hydrogen-bond donors (Lipinski definition) is 4. The highest BCUT2D eigenvalue weighted by atomic mass is 16.6. The topological polar surface area (TPSA) is 185 Å². The summed E-state index contributed by atoms with van der Waals surface area (Å²) in [4.78, 5) is 87.2. The molecule has 1 saturated heterocycles. The molecule has 1 aliphatic rings. The van der Waals surface area contributed by atoms with Crippen LogP contribution < -0.4 is 21.3 Å². The minimum Gasteiger partial charge on any atom is -0.464 e. The van der Waals surface area contributed by atoms with Crippen molar-refractivity contribution >= 4 is 35.8 Å². The number of ether oxygens (including phenoxy) is 3. The van der Waals surface area contributed by atoms with E-state index in [0.717, 1.165) is 24.0 Å². The summed E-state index contributed by atoms with van der Waals surface area (Å²) in [5.74, 6) is -3.77. The molecule has 4 N–H and O–H groups in total. The first-order valence-electron chi connectivity index (χ1n) is 21.3. The van der Waals surface area contributed by atoms with E-state index >= 15 is 4.79 Å². The fourth-order valence-corrected chi connectivity index (χ4v) is 7.11. The van der Waals surface area contributed by atoms with Crippen LogP contribution in [0, 0.1) is 5.92 Å². The van der Waals surface area contributed by atoms with Crippen molar-refractivity contribution in [2.45, 2.75) is 83.4 Å². The molecule has 4 rings (SSSR count). The summed E-state index contributed by atoms with van der Waals surface area (Å²) in [6.07, 6.45) is 1.22. The molecule has 0 spiro atoms. The van der Waals surface area contributed by atoms with Crippen LogP contribution in [0.3, 0.4) is 0 Å². The SMILES string of the molecule is CCCCCC(=O)NC(Cc1ccccc1-c1ccccc1)(C(=O)NC(Cc1ccccc1)C(=O)NC(=O)N1CCOCC1)C(CNC(=O)OC(C)(C)C)COC(=O)CN(C)C. The average molecular weight is 857 g/mol. The minimum atomic E-state index is -2.00. The second kappa shape index (κ2) is 24.0. The van der Waals surface area contributed by atoms with E-state index in [4.69, 9.17) is 14.2 Å². The summed E-state index contributed by atoms with van der Waals surface area (Å²) in [5.41, 5.74) is 0.0854. The molecule has 1 aliphatic heterocycles. The van der Waals surface area contributed by atoms with Gasteiger partial charge in [0.2, 0.25) is 11.8 Å². The third-order valence-electron chi connectivity index (χ3n) is 10.3. The van der Waals surface area contributed by atoms with Crippen LogP contribution >= 0.6 is 0 Å². The number of nitrogens with one attached hydrogen (secondary N) is 4. The van der Waals surface area contributed by atoms with Crippen LogP contribution in [-0.2, 0) is 46.2 Å². The number of benzene rings is 3. The number of morpholine rings is 1. The van der Waals surface area contributed by atoms with E-state index in [2.05, 4.69) is 21.3 Å². The smallest absolute Gasteiger partial charge is 0.407 e. The van der Waals surface area contributed by atoms with Gasteiger partial charge >= 0.3 is 18.1 Å². The third kappa shape index (κ3) is 15.6. The van der Waals surface area contributed by atoms with E-state index in [1.54, 1.807) is 64.0 Å². The Morgan fingerprint density at radius 2 is 1.50 bits per heavy atom. The van der Waals surface area contributed by atoms with Crippen molar-refractivity contribution in [2.75, 3.05) is 60.1 Å². The van der Waals surface area contributed by atoms with E-state index in [0.29, 0.717) is 30.8 Å². The Balaban J connectivity index is 1.91. The molecule has 0 aromatic heterocycles. The molecule has 0 radical (unpaired) electrons. The summed E-state index contributed by atoms with van der Waals surface area (Å²) in [5, 5.41) is 11.3. The molecule has 15 heteroatoms. The number of rotatable bonds is 20. The van der Waals surface area contributed by atoms with Crippen LogP contribution in [0.2, 0.25) is 0 Å². The van der Waals surface area contributed by atoms with Gasteiger partial charge in [-0.3, -0.25) is 29.4 Å². The van der Waals surface area contributed by atoms with Crippen molar-refractivity contribution in [1.29, 1.82) is 0 Å². The molecular formula is C47H64N6O9. The van der Waals surface area contributed by atoms with Gasteiger partial charge in [-0.25, -0.2) is 9.59 Å². The lowest BCUT2D eigenvalue weighted by atomic mass is 9.76. The number of hydrogen-bond acceptors (Lipinski definition) is 10. The number of carbonyl (C=O) groups is 6. The maximum Gasteiger partial charge on any atom is 0.407 e. The Morgan fingerprint density at radius 3 is 2.15 bits per heavy atom. The number of likely N-dealkylation sites (N-methyl/N-ethyl adjacent to an activating group) is 1. The number of unbranched alkanes of at least 4 members (excludes halogenated alkanes) is 2. The fraction of sp³-hybridized carbons (Fsp3) is 0.489. The van der Waals surface area contributed by atoms with Crippen LogP contribution in [0.25, 0.3) is 11.1 Å². The molecule has 336 valence electrons. The maximum atomic E-state index is 15.7. The lowest BCUT2D eigenvalue weighted by Gasteiger charge is -2.41. The van der Waals surface area contributed by atoms with Crippen LogP contribution in [0.4, 0.5) is 9.59 Å². The predicted molar refractivity (Wildman–Crippen MR) is 236 cm³/mol. The van der Waals surface area contributed by atoms with E-state index < -0.39 is 65.5 Å². The monoisotopic (exact) mass is 856 g/mol. The van der Waals surface area contributed by atoms with Crippen molar-refractivity contribution in [3.8, 4) is 11.1 Å². The number of urea groups is 1. The Kier molecular flexibility index (Phi) is 18.9. The molecule has 3 unspecified atom stereocenters. The molecule has 1 heterocycles. The zero-order valence-electron chi connectivity index (χ0n) is 37.0.